The monoisotopic (exact) mass is 369 g/mol. The lowest BCUT2D eigenvalue weighted by molar-refractivity contribution is -0.118. The van der Waals surface area contributed by atoms with Gasteiger partial charge >= 0.3 is 0 Å². The lowest BCUT2D eigenvalue weighted by Crippen LogP contribution is -2.14. The molecule has 1 heterocycles. The summed E-state index contributed by atoms with van der Waals surface area (Å²) in [6.45, 7) is 3.72. The molecule has 0 bridgehead atoms. The van der Waals surface area contributed by atoms with Gasteiger partial charge in [-0.3, -0.25) is 14.2 Å². The van der Waals surface area contributed by atoms with Crippen LogP contribution in [0.1, 0.15) is 35.0 Å². The Morgan fingerprint density at radius 2 is 1.81 bits per heavy atom. The van der Waals surface area contributed by atoms with E-state index in [1.165, 1.54) is 0 Å². The normalized spacial score (nSPS) is 10.9. The molecule has 0 aliphatic rings. The smallest absolute Gasteiger partial charge is 0.262 e. The topological polar surface area (TPSA) is 48.3 Å². The lowest BCUT2D eigenvalue weighted by atomic mass is 10.0. The fourth-order valence-electron chi connectivity index (χ4n) is 3.12. The number of ether oxygens (including phenoxy) is 1. The van der Waals surface area contributed by atoms with Gasteiger partial charge in [-0.25, -0.2) is 0 Å². The largest absolute Gasteiger partial charge is 0.497 e. The number of nitrogens with zero attached hydrogens (tertiary/aromatic N) is 1. The second-order valence-corrected chi connectivity index (χ2v) is 6.60. The Balaban J connectivity index is 2.21. The third-order valence-electron chi connectivity index (χ3n) is 4.60. The van der Waals surface area contributed by atoms with E-state index in [2.05, 4.69) is 0 Å². The maximum atomic E-state index is 13.1. The molecular weight excluding hydrogens is 350 g/mol. The molecule has 1 aromatic heterocycles. The SMILES string of the molecule is CCC(=O)Cc1c(C)n(C(=O)c2ccc(Cl)cc2)c2ccc(OC)cc12. The summed E-state index contributed by atoms with van der Waals surface area (Å²) < 4.78 is 6.99. The van der Waals surface area contributed by atoms with Gasteiger partial charge in [-0.1, -0.05) is 18.5 Å². The van der Waals surface area contributed by atoms with Crippen LogP contribution in [0.25, 0.3) is 10.9 Å². The molecule has 0 amide bonds. The van der Waals surface area contributed by atoms with E-state index in [1.54, 1.807) is 35.9 Å². The molecule has 0 saturated heterocycles. The van der Waals surface area contributed by atoms with Gasteiger partial charge in [-0.15, -0.1) is 0 Å². The Hall–Kier alpha value is -2.59. The van der Waals surface area contributed by atoms with Crippen molar-refractivity contribution in [3.8, 4) is 5.75 Å². The molecule has 5 heteroatoms. The minimum Gasteiger partial charge on any atom is -0.497 e. The molecule has 0 radical (unpaired) electrons. The first-order valence-corrected chi connectivity index (χ1v) is 8.84. The van der Waals surface area contributed by atoms with E-state index in [0.717, 1.165) is 22.2 Å². The number of carbonyl (C=O) groups excluding carboxylic acids is 2. The van der Waals surface area contributed by atoms with Crippen molar-refractivity contribution in [1.82, 2.24) is 4.57 Å². The van der Waals surface area contributed by atoms with Crippen molar-refractivity contribution in [2.45, 2.75) is 26.7 Å². The number of hydrogen-bond donors (Lipinski definition) is 0. The van der Waals surface area contributed by atoms with Crippen molar-refractivity contribution in [2.75, 3.05) is 7.11 Å². The molecular formula is C21H20ClNO3. The number of rotatable bonds is 5. The first kappa shape index (κ1) is 18.2. The fourth-order valence-corrected chi connectivity index (χ4v) is 3.24. The summed E-state index contributed by atoms with van der Waals surface area (Å²) in [6.07, 6.45) is 0.758. The maximum absolute atomic E-state index is 13.1. The predicted molar refractivity (Wildman–Crippen MR) is 103 cm³/mol. The Bertz CT molecular complexity index is 987. The van der Waals surface area contributed by atoms with Crippen LogP contribution in [-0.4, -0.2) is 23.4 Å². The van der Waals surface area contributed by atoms with E-state index in [1.807, 2.05) is 32.0 Å². The summed E-state index contributed by atoms with van der Waals surface area (Å²) in [4.78, 5) is 25.2. The third-order valence-corrected chi connectivity index (χ3v) is 4.86. The van der Waals surface area contributed by atoms with Gasteiger partial charge in [0.05, 0.1) is 12.6 Å². The van der Waals surface area contributed by atoms with Crippen molar-refractivity contribution in [3.05, 3.63) is 64.3 Å². The molecule has 0 saturated carbocycles. The van der Waals surface area contributed by atoms with Crippen LogP contribution in [0.15, 0.2) is 42.5 Å². The van der Waals surface area contributed by atoms with Crippen molar-refractivity contribution in [3.63, 3.8) is 0 Å². The van der Waals surface area contributed by atoms with Crippen LogP contribution in [0.2, 0.25) is 5.02 Å². The Labute approximate surface area is 157 Å². The molecule has 0 atom stereocenters. The molecule has 2 aromatic carbocycles. The van der Waals surface area contributed by atoms with Gasteiger partial charge in [0.15, 0.2) is 0 Å². The van der Waals surface area contributed by atoms with Crippen LogP contribution in [0, 0.1) is 6.92 Å². The van der Waals surface area contributed by atoms with Crippen LogP contribution in [-0.2, 0) is 11.2 Å². The van der Waals surface area contributed by atoms with Gasteiger partial charge < -0.3 is 4.74 Å². The highest BCUT2D eigenvalue weighted by atomic mass is 35.5. The summed E-state index contributed by atoms with van der Waals surface area (Å²) >= 11 is 5.93. The van der Waals surface area contributed by atoms with Crippen LogP contribution in [0.3, 0.4) is 0 Å². The molecule has 3 aromatic rings. The number of carbonyl (C=O) groups is 2. The number of benzene rings is 2. The minimum atomic E-state index is -0.149. The summed E-state index contributed by atoms with van der Waals surface area (Å²) in [5.74, 6) is 0.678. The van der Waals surface area contributed by atoms with E-state index >= 15 is 0 Å². The molecule has 0 aliphatic carbocycles. The molecule has 4 nitrogen and oxygen atoms in total. The molecule has 0 fully saturated rings. The highest BCUT2D eigenvalue weighted by Crippen LogP contribution is 2.31. The predicted octanol–water partition coefficient (Wildman–Crippen LogP) is 4.82. The average Bonchev–Trinajstić information content (AvgIpc) is 2.92. The van der Waals surface area contributed by atoms with Crippen molar-refractivity contribution in [2.24, 2.45) is 0 Å². The molecule has 0 spiro atoms. The molecule has 0 N–H and O–H groups in total. The maximum Gasteiger partial charge on any atom is 0.262 e. The summed E-state index contributed by atoms with van der Waals surface area (Å²) in [5.41, 5.74) is 2.95. The van der Waals surface area contributed by atoms with E-state index in [-0.39, 0.29) is 11.7 Å². The summed E-state index contributed by atoms with van der Waals surface area (Å²) in [6, 6.07) is 12.4. The lowest BCUT2D eigenvalue weighted by Gasteiger charge is -2.08. The highest BCUT2D eigenvalue weighted by molar-refractivity contribution is 6.30. The van der Waals surface area contributed by atoms with Gasteiger partial charge in [0.25, 0.3) is 5.91 Å². The number of fused-ring (bicyclic) bond motifs is 1. The third kappa shape index (κ3) is 3.25. The summed E-state index contributed by atoms with van der Waals surface area (Å²) in [7, 11) is 1.60. The number of halogens is 1. The number of aromatic nitrogens is 1. The Kier molecular flexibility index (Phi) is 5.14. The zero-order valence-electron chi connectivity index (χ0n) is 15.0. The highest BCUT2D eigenvalue weighted by Gasteiger charge is 2.21. The van der Waals surface area contributed by atoms with Gasteiger partial charge in [-0.05, 0) is 55.0 Å². The molecule has 3 rings (SSSR count). The molecule has 0 aliphatic heterocycles. The van der Waals surface area contributed by atoms with Gasteiger partial charge in [0.1, 0.15) is 11.5 Å². The number of ketones is 1. The van der Waals surface area contributed by atoms with Gasteiger partial charge in [0.2, 0.25) is 0 Å². The standard InChI is InChI=1S/C21H20ClNO3/c1-4-16(24)11-18-13(2)23(20-10-9-17(26-3)12-19(18)20)21(25)14-5-7-15(22)8-6-14/h5-10,12H,4,11H2,1-3H3. The first-order chi connectivity index (χ1) is 12.5. The van der Waals surface area contributed by atoms with Crippen molar-refractivity contribution < 1.29 is 14.3 Å². The van der Waals surface area contributed by atoms with E-state index in [9.17, 15) is 9.59 Å². The average molecular weight is 370 g/mol. The van der Waals surface area contributed by atoms with Gasteiger partial charge in [0, 0.05) is 34.5 Å². The zero-order valence-corrected chi connectivity index (χ0v) is 15.8. The first-order valence-electron chi connectivity index (χ1n) is 8.46. The van der Waals surface area contributed by atoms with Crippen LogP contribution >= 0.6 is 11.6 Å². The van der Waals surface area contributed by atoms with Crippen molar-refractivity contribution >= 4 is 34.2 Å². The van der Waals surface area contributed by atoms with Crippen molar-refractivity contribution in [1.29, 1.82) is 0 Å². The zero-order chi connectivity index (χ0) is 18.8. The second-order valence-electron chi connectivity index (χ2n) is 6.16. The Morgan fingerprint density at radius 3 is 2.42 bits per heavy atom. The van der Waals surface area contributed by atoms with Crippen LogP contribution in [0.4, 0.5) is 0 Å². The van der Waals surface area contributed by atoms with Crippen LogP contribution in [0.5, 0.6) is 5.75 Å². The quantitative estimate of drug-likeness (QED) is 0.647. The molecule has 134 valence electrons. The number of hydrogen-bond acceptors (Lipinski definition) is 3. The Morgan fingerprint density at radius 1 is 1.12 bits per heavy atom. The van der Waals surface area contributed by atoms with Crippen LogP contribution < -0.4 is 4.74 Å². The van der Waals surface area contributed by atoms with E-state index < -0.39 is 0 Å². The number of methoxy groups -OCH3 is 1. The summed E-state index contributed by atoms with van der Waals surface area (Å²) in [5, 5.41) is 1.44. The fraction of sp³-hybridized carbons (Fsp3) is 0.238. The van der Waals surface area contributed by atoms with Gasteiger partial charge in [-0.2, -0.15) is 0 Å². The second kappa shape index (κ2) is 7.34. The molecule has 26 heavy (non-hydrogen) atoms. The van der Waals surface area contributed by atoms with E-state index in [0.29, 0.717) is 29.2 Å². The number of Topliss-reactive ketones (excluding diaryl/α,β-unsaturated/α-hetero) is 1. The van der Waals surface area contributed by atoms with E-state index in [4.69, 9.17) is 16.3 Å². The molecule has 0 unspecified atom stereocenters. The minimum absolute atomic E-state index is 0.133.